The predicted octanol–water partition coefficient (Wildman–Crippen LogP) is 2.65. The number of nitrogens with one attached hydrogen (secondary N) is 1. The lowest BCUT2D eigenvalue weighted by Crippen LogP contribution is -2.26. The number of nitrogens with zero attached hydrogens (tertiary/aromatic N) is 1. The van der Waals surface area contributed by atoms with E-state index in [0.717, 1.165) is 11.3 Å². The molecule has 27 heavy (non-hydrogen) atoms. The number of nitro benzene ring substituents is 1. The first kappa shape index (κ1) is 19.9. The van der Waals surface area contributed by atoms with E-state index in [9.17, 15) is 19.7 Å². The Morgan fingerprint density at radius 1 is 1.07 bits per heavy atom. The summed E-state index contributed by atoms with van der Waals surface area (Å²) in [6.07, 6.45) is 0.0170. The first-order valence-electron chi connectivity index (χ1n) is 8.34. The Morgan fingerprint density at radius 2 is 1.78 bits per heavy atom. The van der Waals surface area contributed by atoms with Gasteiger partial charge in [-0.05, 0) is 30.7 Å². The van der Waals surface area contributed by atoms with Crippen LogP contribution >= 0.6 is 0 Å². The normalized spacial score (nSPS) is 10.1. The zero-order chi connectivity index (χ0) is 19.6. The smallest absolute Gasteiger partial charge is 0.307 e. The van der Waals surface area contributed by atoms with Gasteiger partial charge in [-0.3, -0.25) is 19.7 Å². The Morgan fingerprint density at radius 3 is 2.44 bits per heavy atom. The maximum atomic E-state index is 11.9. The van der Waals surface area contributed by atoms with Gasteiger partial charge < -0.3 is 14.8 Å². The molecule has 0 spiro atoms. The number of carbonyl (C=O) groups is 2. The van der Waals surface area contributed by atoms with Gasteiger partial charge in [-0.25, -0.2) is 0 Å². The molecule has 0 heterocycles. The Hall–Kier alpha value is -3.42. The van der Waals surface area contributed by atoms with E-state index in [1.54, 1.807) is 0 Å². The van der Waals surface area contributed by atoms with Crippen LogP contribution in [0.3, 0.4) is 0 Å². The van der Waals surface area contributed by atoms with Gasteiger partial charge in [0.1, 0.15) is 19.0 Å². The second-order valence-electron chi connectivity index (χ2n) is 5.64. The zero-order valence-corrected chi connectivity index (χ0v) is 14.8. The highest BCUT2D eigenvalue weighted by Gasteiger charge is 2.10. The lowest BCUT2D eigenvalue weighted by Gasteiger charge is -2.09. The van der Waals surface area contributed by atoms with Crippen molar-refractivity contribution < 1.29 is 24.0 Å². The molecule has 0 radical (unpaired) electrons. The van der Waals surface area contributed by atoms with Crippen LogP contribution in [-0.4, -0.2) is 36.6 Å². The minimum Gasteiger partial charge on any atom is -0.490 e. The average Bonchev–Trinajstić information content (AvgIpc) is 2.66. The Labute approximate surface area is 156 Å². The molecule has 0 aromatic heterocycles. The fraction of sp³-hybridized carbons (Fsp3) is 0.263. The minimum atomic E-state index is -0.541. The highest BCUT2D eigenvalue weighted by molar-refractivity contribution is 5.94. The Bertz CT molecular complexity index is 804. The lowest BCUT2D eigenvalue weighted by molar-refractivity contribution is -0.384. The van der Waals surface area contributed by atoms with Gasteiger partial charge in [-0.15, -0.1) is 0 Å². The van der Waals surface area contributed by atoms with Crippen molar-refractivity contribution in [2.24, 2.45) is 0 Å². The highest BCUT2D eigenvalue weighted by Crippen LogP contribution is 2.15. The molecule has 2 aromatic carbocycles. The molecule has 0 saturated heterocycles. The van der Waals surface area contributed by atoms with Crippen LogP contribution in [0.4, 0.5) is 5.69 Å². The molecule has 8 heteroatoms. The predicted molar refractivity (Wildman–Crippen MR) is 97.7 cm³/mol. The fourth-order valence-electron chi connectivity index (χ4n) is 2.21. The van der Waals surface area contributed by atoms with E-state index in [2.05, 4.69) is 5.32 Å². The van der Waals surface area contributed by atoms with Gasteiger partial charge in [-0.2, -0.15) is 0 Å². The van der Waals surface area contributed by atoms with E-state index in [-0.39, 0.29) is 37.4 Å². The van der Waals surface area contributed by atoms with Gasteiger partial charge in [0.05, 0.1) is 11.3 Å². The van der Waals surface area contributed by atoms with E-state index >= 15 is 0 Å². The monoisotopic (exact) mass is 372 g/mol. The fourth-order valence-corrected chi connectivity index (χ4v) is 2.21. The number of para-hydroxylation sites is 1. The summed E-state index contributed by atoms with van der Waals surface area (Å²) in [5.74, 6) is -0.128. The second kappa shape index (κ2) is 9.91. The number of non-ortho nitro benzene ring substituents is 1. The molecule has 1 amide bonds. The van der Waals surface area contributed by atoms with Crippen LogP contribution < -0.4 is 10.1 Å². The summed E-state index contributed by atoms with van der Waals surface area (Å²) < 4.78 is 10.6. The van der Waals surface area contributed by atoms with Crippen molar-refractivity contribution in [1.82, 2.24) is 5.32 Å². The van der Waals surface area contributed by atoms with Crippen LogP contribution in [0, 0.1) is 17.0 Å². The van der Waals surface area contributed by atoms with Crippen molar-refractivity contribution in [2.75, 3.05) is 19.8 Å². The molecule has 142 valence electrons. The quantitative estimate of drug-likeness (QED) is 0.314. The number of benzene rings is 2. The van der Waals surface area contributed by atoms with Crippen LogP contribution in [0.25, 0.3) is 0 Å². The van der Waals surface area contributed by atoms with Gasteiger partial charge in [0.15, 0.2) is 0 Å². The lowest BCUT2D eigenvalue weighted by atomic mass is 10.2. The number of rotatable bonds is 9. The molecule has 0 aliphatic heterocycles. The van der Waals surface area contributed by atoms with Crippen LogP contribution in [0.1, 0.15) is 22.3 Å². The van der Waals surface area contributed by atoms with Gasteiger partial charge in [0.25, 0.3) is 11.6 Å². The van der Waals surface area contributed by atoms with Gasteiger partial charge in [0, 0.05) is 24.2 Å². The summed E-state index contributed by atoms with van der Waals surface area (Å²) in [6, 6.07) is 12.7. The molecular weight excluding hydrogens is 352 g/mol. The minimum absolute atomic E-state index is 0.0170. The Kier molecular flexibility index (Phi) is 7.30. The topological polar surface area (TPSA) is 108 Å². The molecule has 1 N–H and O–H groups in total. The first-order chi connectivity index (χ1) is 13.0. The highest BCUT2D eigenvalue weighted by atomic mass is 16.6. The molecule has 0 aliphatic rings. The third-order valence-corrected chi connectivity index (χ3v) is 3.65. The summed E-state index contributed by atoms with van der Waals surface area (Å²) in [5.41, 5.74) is 1.18. The average molecular weight is 372 g/mol. The van der Waals surface area contributed by atoms with Crippen LogP contribution in [0.15, 0.2) is 48.5 Å². The van der Waals surface area contributed by atoms with Gasteiger partial charge in [0.2, 0.25) is 0 Å². The number of aryl methyl sites for hydroxylation is 1. The second-order valence-corrected chi connectivity index (χ2v) is 5.64. The molecule has 2 rings (SSSR count). The number of carbonyl (C=O) groups excluding carboxylic acids is 2. The van der Waals surface area contributed by atoms with Crippen molar-refractivity contribution in [1.29, 1.82) is 0 Å². The molecule has 0 bridgehead atoms. The standard InChI is InChI=1S/C19H20N2O6/c1-14-4-2-3-5-17(14)26-12-13-27-18(22)10-11-20-19(23)15-6-8-16(9-7-15)21(24)25/h2-9H,10-13H2,1H3,(H,20,23). The van der Waals surface area contributed by atoms with E-state index in [1.807, 2.05) is 31.2 Å². The summed E-state index contributed by atoms with van der Waals surface area (Å²) >= 11 is 0. The molecule has 0 unspecified atom stereocenters. The van der Waals surface area contributed by atoms with E-state index in [4.69, 9.17) is 9.47 Å². The molecule has 0 fully saturated rings. The van der Waals surface area contributed by atoms with Crippen molar-refractivity contribution >= 4 is 17.6 Å². The SMILES string of the molecule is Cc1ccccc1OCCOC(=O)CCNC(=O)c1ccc([N+](=O)[O-])cc1. The summed E-state index contributed by atoms with van der Waals surface area (Å²) in [7, 11) is 0. The molecular formula is C19H20N2O6. The molecule has 2 aromatic rings. The van der Waals surface area contributed by atoms with Crippen LogP contribution in [0.2, 0.25) is 0 Å². The van der Waals surface area contributed by atoms with Crippen LogP contribution in [-0.2, 0) is 9.53 Å². The Balaban J connectivity index is 1.63. The number of hydrogen-bond acceptors (Lipinski definition) is 6. The largest absolute Gasteiger partial charge is 0.490 e. The van der Waals surface area contributed by atoms with Crippen LogP contribution in [0.5, 0.6) is 5.75 Å². The molecule has 8 nitrogen and oxygen atoms in total. The number of amides is 1. The molecule has 0 aliphatic carbocycles. The van der Waals surface area contributed by atoms with E-state index < -0.39 is 16.8 Å². The maximum Gasteiger partial charge on any atom is 0.307 e. The number of hydrogen-bond donors (Lipinski definition) is 1. The van der Waals surface area contributed by atoms with E-state index in [1.165, 1.54) is 24.3 Å². The van der Waals surface area contributed by atoms with E-state index in [0.29, 0.717) is 0 Å². The van der Waals surface area contributed by atoms with Gasteiger partial charge in [-0.1, -0.05) is 18.2 Å². The summed E-state index contributed by atoms with van der Waals surface area (Å²) in [6.45, 7) is 2.39. The summed E-state index contributed by atoms with van der Waals surface area (Å²) in [4.78, 5) is 33.6. The van der Waals surface area contributed by atoms with Crippen molar-refractivity contribution in [3.63, 3.8) is 0 Å². The third kappa shape index (κ3) is 6.43. The first-order valence-corrected chi connectivity index (χ1v) is 8.34. The number of ether oxygens (including phenoxy) is 2. The van der Waals surface area contributed by atoms with Crippen molar-refractivity contribution in [3.8, 4) is 5.75 Å². The maximum absolute atomic E-state index is 11.9. The van der Waals surface area contributed by atoms with Crippen molar-refractivity contribution in [3.05, 3.63) is 69.8 Å². The number of esters is 1. The zero-order valence-electron chi connectivity index (χ0n) is 14.8. The van der Waals surface area contributed by atoms with Crippen molar-refractivity contribution in [2.45, 2.75) is 13.3 Å². The number of nitro groups is 1. The summed E-state index contributed by atoms with van der Waals surface area (Å²) in [5, 5.41) is 13.1. The third-order valence-electron chi connectivity index (χ3n) is 3.65. The molecule has 0 saturated carbocycles. The molecule has 0 atom stereocenters. The van der Waals surface area contributed by atoms with Gasteiger partial charge >= 0.3 is 5.97 Å².